The van der Waals surface area contributed by atoms with Crippen LogP contribution in [-0.2, 0) is 22.7 Å². The van der Waals surface area contributed by atoms with Crippen LogP contribution >= 0.6 is 0 Å². The lowest BCUT2D eigenvalue weighted by Gasteiger charge is -2.31. The van der Waals surface area contributed by atoms with Gasteiger partial charge in [0.2, 0.25) is 11.8 Å². The van der Waals surface area contributed by atoms with E-state index in [4.69, 9.17) is 0 Å². The molecule has 0 aliphatic carbocycles. The van der Waals surface area contributed by atoms with Crippen molar-refractivity contribution in [3.8, 4) is 0 Å². The normalized spacial score (nSPS) is 15.9. The highest BCUT2D eigenvalue weighted by Gasteiger charge is 2.24. The molecule has 0 atom stereocenters. The van der Waals surface area contributed by atoms with Gasteiger partial charge in [0.15, 0.2) is 11.6 Å². The molecule has 0 radical (unpaired) electrons. The molecule has 1 aromatic heterocycles. The van der Waals surface area contributed by atoms with Crippen LogP contribution < -0.4 is 4.90 Å². The average molecular weight is 498 g/mol. The molecule has 1 aliphatic rings. The van der Waals surface area contributed by atoms with Crippen molar-refractivity contribution in [1.29, 1.82) is 0 Å². The van der Waals surface area contributed by atoms with Gasteiger partial charge in [-0.2, -0.15) is 5.10 Å². The van der Waals surface area contributed by atoms with Crippen molar-refractivity contribution in [2.24, 2.45) is 0 Å². The summed E-state index contributed by atoms with van der Waals surface area (Å²) in [5, 5.41) is 5.41. The Labute approximate surface area is 210 Å². The van der Waals surface area contributed by atoms with Crippen LogP contribution in [0.1, 0.15) is 38.2 Å². The topological polar surface area (TPSA) is 61.7 Å². The van der Waals surface area contributed by atoms with Crippen molar-refractivity contribution in [3.05, 3.63) is 59.8 Å². The second-order valence-corrected chi connectivity index (χ2v) is 9.30. The first-order chi connectivity index (χ1) is 17.4. The number of rotatable bonds is 4. The van der Waals surface area contributed by atoms with Gasteiger partial charge in [-0.15, -0.1) is 0 Å². The fourth-order valence-electron chi connectivity index (χ4n) is 4.73. The summed E-state index contributed by atoms with van der Waals surface area (Å²) in [4.78, 5) is 31.6. The highest BCUT2D eigenvalue weighted by atomic mass is 19.2. The molecule has 0 N–H and O–H groups in total. The second kappa shape index (κ2) is 11.6. The Morgan fingerprint density at radius 2 is 1.69 bits per heavy atom. The molecule has 0 spiro atoms. The lowest BCUT2D eigenvalue weighted by molar-refractivity contribution is -0.132. The van der Waals surface area contributed by atoms with Gasteiger partial charge in [0.1, 0.15) is 0 Å². The zero-order chi connectivity index (χ0) is 25.7. The van der Waals surface area contributed by atoms with Crippen molar-refractivity contribution >= 4 is 28.4 Å². The minimum absolute atomic E-state index is 0.0988. The Kier molecular flexibility index (Phi) is 8.30. The Morgan fingerprint density at radius 1 is 0.972 bits per heavy atom. The number of aromatic nitrogens is 2. The molecule has 7 nitrogen and oxygen atoms in total. The van der Waals surface area contributed by atoms with E-state index in [1.165, 1.54) is 4.90 Å². The minimum atomic E-state index is -1.00. The third-order valence-electron chi connectivity index (χ3n) is 6.71. The summed E-state index contributed by atoms with van der Waals surface area (Å²) < 4.78 is 30.5. The van der Waals surface area contributed by atoms with Crippen LogP contribution in [-0.4, -0.2) is 64.6 Å². The molecule has 1 aliphatic heterocycles. The summed E-state index contributed by atoms with van der Waals surface area (Å²) in [6, 6.07) is 10.0. The number of carbonyl (C=O) groups excluding carboxylic acids is 2. The van der Waals surface area contributed by atoms with Crippen LogP contribution in [0.15, 0.2) is 42.6 Å². The summed E-state index contributed by atoms with van der Waals surface area (Å²) in [5.41, 5.74) is 1.72. The van der Waals surface area contributed by atoms with Crippen molar-refractivity contribution < 1.29 is 18.4 Å². The highest BCUT2D eigenvalue weighted by Crippen LogP contribution is 2.27. The molecule has 0 unspecified atom stereocenters. The first-order valence-corrected chi connectivity index (χ1v) is 12.5. The highest BCUT2D eigenvalue weighted by molar-refractivity contribution is 5.94. The Bertz CT molecular complexity index is 1230. The van der Waals surface area contributed by atoms with Crippen LogP contribution in [0.25, 0.3) is 10.9 Å². The number of benzene rings is 2. The van der Waals surface area contributed by atoms with Gasteiger partial charge >= 0.3 is 0 Å². The van der Waals surface area contributed by atoms with Gasteiger partial charge in [0.05, 0.1) is 23.9 Å². The van der Waals surface area contributed by atoms with Gasteiger partial charge in [0.25, 0.3) is 0 Å². The maximum Gasteiger partial charge on any atom is 0.226 e. The summed E-state index contributed by atoms with van der Waals surface area (Å²) in [6.45, 7) is 4.68. The molecule has 0 saturated heterocycles. The van der Waals surface area contributed by atoms with Crippen LogP contribution in [0.3, 0.4) is 0 Å². The number of para-hydroxylation sites is 1. The predicted molar refractivity (Wildman–Crippen MR) is 135 cm³/mol. The van der Waals surface area contributed by atoms with Gasteiger partial charge in [0, 0.05) is 43.9 Å². The fourth-order valence-corrected chi connectivity index (χ4v) is 4.73. The first kappa shape index (κ1) is 25.8. The van der Waals surface area contributed by atoms with E-state index in [2.05, 4.69) is 10.00 Å². The number of hydrogen-bond donors (Lipinski definition) is 0. The van der Waals surface area contributed by atoms with Gasteiger partial charge in [-0.25, -0.2) is 8.78 Å². The molecular formula is C27H33F2N5O2. The van der Waals surface area contributed by atoms with E-state index in [1.807, 2.05) is 36.0 Å². The lowest BCUT2D eigenvalue weighted by Crippen LogP contribution is -2.38. The van der Waals surface area contributed by atoms with Gasteiger partial charge in [-0.1, -0.05) is 25.1 Å². The first-order valence-electron chi connectivity index (χ1n) is 12.5. The fraction of sp³-hybridized carbons (Fsp3) is 0.444. The summed E-state index contributed by atoms with van der Waals surface area (Å²) >= 11 is 0. The van der Waals surface area contributed by atoms with E-state index in [9.17, 15) is 18.4 Å². The lowest BCUT2D eigenvalue weighted by atomic mass is 10.1. The van der Waals surface area contributed by atoms with E-state index in [0.29, 0.717) is 37.3 Å². The second-order valence-electron chi connectivity index (χ2n) is 9.30. The molecule has 0 fully saturated rings. The smallest absolute Gasteiger partial charge is 0.226 e. The number of nitrogens with zero attached hydrogens (tertiary/aromatic N) is 5. The molecule has 192 valence electrons. The number of amides is 2. The van der Waals surface area contributed by atoms with E-state index < -0.39 is 11.6 Å². The van der Waals surface area contributed by atoms with E-state index in [1.54, 1.807) is 18.0 Å². The molecule has 2 heterocycles. The number of anilines is 1. The molecular weight excluding hydrogens is 464 g/mol. The van der Waals surface area contributed by atoms with Gasteiger partial charge in [-0.05, 0) is 50.7 Å². The maximum absolute atomic E-state index is 14.3. The SMILES string of the molecule is CCC(=O)N1CCCN(C)CCCN(C(=O)CCn2ncc3ccccc32)Cc2cc(F)c(F)cc21. The molecule has 3 aromatic rings. The van der Waals surface area contributed by atoms with Crippen LogP contribution in [0.5, 0.6) is 0 Å². The zero-order valence-corrected chi connectivity index (χ0v) is 20.9. The van der Waals surface area contributed by atoms with Crippen LogP contribution in [0, 0.1) is 11.6 Å². The Hall–Kier alpha value is -3.33. The van der Waals surface area contributed by atoms with Crippen molar-refractivity contribution in [2.75, 3.05) is 38.1 Å². The zero-order valence-electron chi connectivity index (χ0n) is 20.9. The minimum Gasteiger partial charge on any atom is -0.338 e. The molecule has 4 rings (SSSR count). The molecule has 2 aromatic carbocycles. The van der Waals surface area contributed by atoms with Gasteiger partial charge in [-0.3, -0.25) is 14.3 Å². The summed E-state index contributed by atoms with van der Waals surface area (Å²) in [7, 11) is 2.01. The van der Waals surface area contributed by atoms with Crippen LogP contribution in [0.4, 0.5) is 14.5 Å². The van der Waals surface area contributed by atoms with Crippen molar-refractivity contribution in [1.82, 2.24) is 19.6 Å². The number of hydrogen-bond acceptors (Lipinski definition) is 4. The quantitative estimate of drug-likeness (QED) is 0.542. The number of carbonyl (C=O) groups is 2. The van der Waals surface area contributed by atoms with Gasteiger partial charge < -0.3 is 14.7 Å². The number of halogens is 2. The van der Waals surface area contributed by atoms with E-state index in [0.717, 1.165) is 42.5 Å². The monoisotopic (exact) mass is 497 g/mol. The molecule has 36 heavy (non-hydrogen) atoms. The Morgan fingerprint density at radius 3 is 2.47 bits per heavy atom. The predicted octanol–water partition coefficient (Wildman–Crippen LogP) is 4.20. The summed E-state index contributed by atoms with van der Waals surface area (Å²) in [5.74, 6) is -2.25. The maximum atomic E-state index is 14.3. The molecule has 0 bridgehead atoms. The third kappa shape index (κ3) is 5.90. The van der Waals surface area contributed by atoms with Crippen molar-refractivity contribution in [3.63, 3.8) is 0 Å². The third-order valence-corrected chi connectivity index (χ3v) is 6.71. The number of aryl methyl sites for hydroxylation is 1. The molecule has 2 amide bonds. The average Bonchev–Trinajstić information content (AvgIpc) is 3.28. The Balaban J connectivity index is 1.61. The molecule has 9 heteroatoms. The summed E-state index contributed by atoms with van der Waals surface area (Å²) in [6.07, 6.45) is 3.70. The van der Waals surface area contributed by atoms with E-state index in [-0.39, 0.29) is 31.2 Å². The largest absolute Gasteiger partial charge is 0.338 e. The standard InChI is InChI=1S/C27H33F2N5O2/c1-3-26(35)33-14-7-12-31(2)11-6-13-32(19-21-16-22(28)23(29)17-25(21)33)27(36)10-15-34-24-9-5-4-8-20(24)18-30-34/h4-5,8-9,16-18H,3,6-7,10-15,19H2,1-2H3. The van der Waals surface area contributed by atoms with Crippen molar-refractivity contribution in [2.45, 2.75) is 45.7 Å². The van der Waals surface area contributed by atoms with Crippen LogP contribution in [0.2, 0.25) is 0 Å². The number of fused-ring (bicyclic) bond motifs is 2. The van der Waals surface area contributed by atoms with E-state index >= 15 is 0 Å². The molecule has 0 saturated carbocycles.